The zero-order chi connectivity index (χ0) is 24.4. The molecule has 0 radical (unpaired) electrons. The van der Waals surface area contributed by atoms with Crippen molar-refractivity contribution in [2.45, 2.75) is 51.4 Å². The molecule has 2 aliphatic rings. The molecule has 2 aromatic heterocycles. The van der Waals surface area contributed by atoms with Crippen molar-refractivity contribution in [1.29, 1.82) is 0 Å². The summed E-state index contributed by atoms with van der Waals surface area (Å²) >= 11 is 0. The first kappa shape index (κ1) is 21.8. The number of benzene rings is 3. The molecule has 5 aromatic rings. The molecular formula is C33H31FNO+. The molecule has 3 aromatic carbocycles. The van der Waals surface area contributed by atoms with Crippen molar-refractivity contribution >= 4 is 21.9 Å². The van der Waals surface area contributed by atoms with Gasteiger partial charge in [-0.25, -0.2) is 8.96 Å². The summed E-state index contributed by atoms with van der Waals surface area (Å²) in [5.74, 6) is 1.20. The highest BCUT2D eigenvalue weighted by atomic mass is 19.1. The minimum absolute atomic E-state index is 0.206. The predicted octanol–water partition coefficient (Wildman–Crippen LogP) is 8.41. The van der Waals surface area contributed by atoms with Crippen LogP contribution in [0.15, 0.2) is 71.3 Å². The fourth-order valence-electron chi connectivity index (χ4n) is 7.10. The van der Waals surface area contributed by atoms with Gasteiger partial charge >= 0.3 is 0 Å². The maximum absolute atomic E-state index is 15.7. The lowest BCUT2D eigenvalue weighted by atomic mass is 9.85. The van der Waals surface area contributed by atoms with Gasteiger partial charge in [0.25, 0.3) is 0 Å². The number of aromatic nitrogens is 1. The first-order valence-corrected chi connectivity index (χ1v) is 13.3. The van der Waals surface area contributed by atoms with E-state index in [2.05, 4.69) is 67.2 Å². The number of halogens is 1. The van der Waals surface area contributed by atoms with Crippen molar-refractivity contribution in [3.63, 3.8) is 0 Å². The molecule has 1 saturated carbocycles. The summed E-state index contributed by atoms with van der Waals surface area (Å²) in [6, 6.07) is 20.5. The quantitative estimate of drug-likeness (QED) is 0.239. The Bertz CT molecular complexity index is 1640. The van der Waals surface area contributed by atoms with E-state index in [0.29, 0.717) is 17.1 Å². The molecule has 180 valence electrons. The molecular weight excluding hydrogens is 445 g/mol. The standard InChI is InChI=1S/C33H31FNO/c1-20-13-14-26-27-17-18-28(34)31(33(27)36-32(26)30(20)29-12-5-6-19-35(29)2)25-11-7-10-23-22(15-16-24(23)25)21-8-3-4-9-21/h5-7,10-14,17-19,21-22H,3-4,8-9,15-16H2,1-2H3/q+1. The Morgan fingerprint density at radius 3 is 2.42 bits per heavy atom. The Labute approximate surface area is 211 Å². The van der Waals surface area contributed by atoms with Gasteiger partial charge in [0, 0.05) is 22.9 Å². The number of pyridine rings is 1. The van der Waals surface area contributed by atoms with E-state index in [9.17, 15) is 0 Å². The van der Waals surface area contributed by atoms with Gasteiger partial charge in [-0.15, -0.1) is 0 Å². The number of fused-ring (bicyclic) bond motifs is 4. The molecule has 0 spiro atoms. The van der Waals surface area contributed by atoms with Crippen molar-refractivity contribution < 1.29 is 13.4 Å². The molecule has 7 rings (SSSR count). The van der Waals surface area contributed by atoms with Crippen LogP contribution in [0.1, 0.15) is 54.7 Å². The molecule has 36 heavy (non-hydrogen) atoms. The van der Waals surface area contributed by atoms with Crippen LogP contribution in [0, 0.1) is 18.7 Å². The molecule has 2 aliphatic carbocycles. The summed E-state index contributed by atoms with van der Waals surface area (Å²) in [7, 11) is 2.05. The van der Waals surface area contributed by atoms with Crippen LogP contribution in [-0.2, 0) is 13.5 Å². The van der Waals surface area contributed by atoms with Gasteiger partial charge in [-0.2, -0.15) is 0 Å². The lowest BCUT2D eigenvalue weighted by molar-refractivity contribution is -0.660. The van der Waals surface area contributed by atoms with Gasteiger partial charge in [-0.05, 0) is 84.9 Å². The molecule has 2 nitrogen and oxygen atoms in total. The maximum Gasteiger partial charge on any atom is 0.216 e. The van der Waals surface area contributed by atoms with Crippen molar-refractivity contribution in [2.75, 3.05) is 0 Å². The van der Waals surface area contributed by atoms with Crippen LogP contribution < -0.4 is 4.57 Å². The van der Waals surface area contributed by atoms with Crippen LogP contribution >= 0.6 is 0 Å². The number of aryl methyl sites for hydroxylation is 2. The van der Waals surface area contributed by atoms with Crippen molar-refractivity contribution in [3.05, 3.63) is 89.4 Å². The Morgan fingerprint density at radius 1 is 0.833 bits per heavy atom. The van der Waals surface area contributed by atoms with E-state index in [0.717, 1.165) is 51.1 Å². The van der Waals surface area contributed by atoms with E-state index in [4.69, 9.17) is 4.42 Å². The molecule has 1 unspecified atom stereocenters. The lowest BCUT2D eigenvalue weighted by Crippen LogP contribution is -2.30. The van der Waals surface area contributed by atoms with E-state index in [-0.39, 0.29) is 5.82 Å². The highest BCUT2D eigenvalue weighted by Gasteiger charge is 2.33. The molecule has 1 fully saturated rings. The van der Waals surface area contributed by atoms with Gasteiger partial charge in [-0.3, -0.25) is 0 Å². The van der Waals surface area contributed by atoms with Crippen molar-refractivity contribution in [3.8, 4) is 22.4 Å². The summed E-state index contributed by atoms with van der Waals surface area (Å²) in [5.41, 5.74) is 9.19. The van der Waals surface area contributed by atoms with E-state index in [1.54, 1.807) is 6.07 Å². The number of rotatable bonds is 3. The third-order valence-corrected chi connectivity index (χ3v) is 8.83. The lowest BCUT2D eigenvalue weighted by Gasteiger charge is -2.19. The Balaban J connectivity index is 1.48. The third kappa shape index (κ3) is 3.18. The molecule has 0 N–H and O–H groups in total. The second kappa shape index (κ2) is 8.30. The Kier molecular flexibility index (Phi) is 5.02. The SMILES string of the molecule is Cc1ccc2c(oc3c(-c4cccc5c4CCC5C4CCCC4)c(F)ccc32)c1-c1cccc[n+]1C. The van der Waals surface area contributed by atoms with Crippen LogP contribution in [0.25, 0.3) is 44.3 Å². The van der Waals surface area contributed by atoms with E-state index >= 15 is 4.39 Å². The molecule has 3 heteroatoms. The fraction of sp³-hybridized carbons (Fsp3) is 0.303. The summed E-state index contributed by atoms with van der Waals surface area (Å²) < 4.78 is 24.5. The Morgan fingerprint density at radius 2 is 1.61 bits per heavy atom. The summed E-state index contributed by atoms with van der Waals surface area (Å²) in [6.07, 6.45) is 9.63. The van der Waals surface area contributed by atoms with Crippen LogP contribution in [0.5, 0.6) is 0 Å². The number of hydrogen-bond donors (Lipinski definition) is 0. The molecule has 0 aliphatic heterocycles. The highest BCUT2D eigenvalue weighted by molar-refractivity contribution is 6.13. The molecule has 2 heterocycles. The number of nitrogens with zero attached hydrogens (tertiary/aromatic N) is 1. The zero-order valence-electron chi connectivity index (χ0n) is 21.0. The van der Waals surface area contributed by atoms with E-state index in [1.807, 2.05) is 12.1 Å². The monoisotopic (exact) mass is 476 g/mol. The highest BCUT2D eigenvalue weighted by Crippen LogP contribution is 2.49. The van der Waals surface area contributed by atoms with Crippen molar-refractivity contribution in [2.24, 2.45) is 13.0 Å². The minimum Gasteiger partial charge on any atom is -0.454 e. The second-order valence-electron chi connectivity index (χ2n) is 10.8. The largest absolute Gasteiger partial charge is 0.454 e. The summed E-state index contributed by atoms with van der Waals surface area (Å²) in [6.45, 7) is 2.11. The minimum atomic E-state index is -0.206. The Hall–Kier alpha value is -3.46. The van der Waals surface area contributed by atoms with Crippen LogP contribution in [0.2, 0.25) is 0 Å². The first-order chi connectivity index (χ1) is 17.6. The smallest absolute Gasteiger partial charge is 0.216 e. The normalized spacial score (nSPS) is 17.9. The zero-order valence-corrected chi connectivity index (χ0v) is 21.0. The third-order valence-electron chi connectivity index (χ3n) is 8.83. The number of hydrogen-bond acceptors (Lipinski definition) is 1. The second-order valence-corrected chi connectivity index (χ2v) is 10.8. The molecule has 0 amide bonds. The molecule has 0 saturated heterocycles. The maximum atomic E-state index is 15.7. The van der Waals surface area contributed by atoms with Crippen LogP contribution in [-0.4, -0.2) is 0 Å². The van der Waals surface area contributed by atoms with Gasteiger partial charge in [-0.1, -0.05) is 43.2 Å². The van der Waals surface area contributed by atoms with E-state index < -0.39 is 0 Å². The molecule has 0 bridgehead atoms. The van der Waals surface area contributed by atoms with Gasteiger partial charge in [0.15, 0.2) is 6.20 Å². The number of furan rings is 1. The van der Waals surface area contributed by atoms with Gasteiger partial charge in [0.2, 0.25) is 5.69 Å². The fourth-order valence-corrected chi connectivity index (χ4v) is 7.10. The average molecular weight is 477 g/mol. The summed E-state index contributed by atoms with van der Waals surface area (Å²) in [4.78, 5) is 0. The first-order valence-electron chi connectivity index (χ1n) is 13.3. The van der Waals surface area contributed by atoms with Gasteiger partial charge < -0.3 is 4.42 Å². The van der Waals surface area contributed by atoms with Crippen molar-refractivity contribution in [1.82, 2.24) is 0 Å². The molecule has 1 atom stereocenters. The van der Waals surface area contributed by atoms with Gasteiger partial charge in [0.1, 0.15) is 24.0 Å². The van der Waals surface area contributed by atoms with Crippen LogP contribution in [0.4, 0.5) is 4.39 Å². The predicted molar refractivity (Wildman–Crippen MR) is 143 cm³/mol. The topological polar surface area (TPSA) is 17.0 Å². The van der Waals surface area contributed by atoms with Crippen LogP contribution in [0.3, 0.4) is 0 Å². The van der Waals surface area contributed by atoms with E-state index in [1.165, 1.54) is 43.2 Å². The average Bonchev–Trinajstić information content (AvgIpc) is 3.63. The van der Waals surface area contributed by atoms with Gasteiger partial charge in [0.05, 0.1) is 11.1 Å². The summed E-state index contributed by atoms with van der Waals surface area (Å²) in [5, 5.41) is 2.01.